The van der Waals surface area contributed by atoms with Crippen molar-refractivity contribution in [3.05, 3.63) is 94.4 Å². The van der Waals surface area contributed by atoms with E-state index in [0.29, 0.717) is 39.3 Å². The topological polar surface area (TPSA) is 280 Å². The van der Waals surface area contributed by atoms with Crippen molar-refractivity contribution in [1.82, 2.24) is 19.5 Å². The Morgan fingerprint density at radius 2 is 1.28 bits per heavy atom. The zero-order valence-electron chi connectivity index (χ0n) is 27.4. The molecule has 0 spiro atoms. The van der Waals surface area contributed by atoms with Gasteiger partial charge in [-0.3, -0.25) is 18.5 Å². The molecule has 0 amide bonds. The summed E-state index contributed by atoms with van der Waals surface area (Å²) in [7, 11) is -12.9. The number of hydrogen-bond donors (Lipinski definition) is 7. The number of fused-ring (bicyclic) bond motifs is 2. The molecule has 7 rings (SSSR count). The fourth-order valence-electron chi connectivity index (χ4n) is 6.03. The van der Waals surface area contributed by atoms with Gasteiger partial charge in [0.1, 0.15) is 9.79 Å². The first kappa shape index (κ1) is 36.1. The molecule has 2 aliphatic rings. The Labute approximate surface area is 305 Å². The van der Waals surface area contributed by atoms with Crippen molar-refractivity contribution >= 4 is 93.3 Å². The molecular weight excluding hydrogens is 767 g/mol. The van der Waals surface area contributed by atoms with Gasteiger partial charge in [-0.05, 0) is 65.5 Å². The lowest BCUT2D eigenvalue weighted by Gasteiger charge is -2.21. The number of aromatic nitrogens is 4. The molecular formula is C33H25N7O11S3. The highest BCUT2D eigenvalue weighted by Crippen LogP contribution is 2.40. The highest BCUT2D eigenvalue weighted by molar-refractivity contribution is 7.86. The van der Waals surface area contributed by atoms with Gasteiger partial charge in [0, 0.05) is 34.6 Å². The van der Waals surface area contributed by atoms with Gasteiger partial charge >= 0.3 is 6.01 Å². The normalized spacial score (nSPS) is 12.4. The number of pyridine rings is 1. The Hall–Kier alpha value is -6.23. The monoisotopic (exact) mass is 791 g/mol. The molecule has 0 radical (unpaired) electrons. The van der Waals surface area contributed by atoms with Crippen molar-refractivity contribution in [3.8, 4) is 17.1 Å². The number of rotatable bonds is 9. The van der Waals surface area contributed by atoms with Crippen LogP contribution in [0.3, 0.4) is 0 Å². The van der Waals surface area contributed by atoms with E-state index in [-0.39, 0.29) is 27.9 Å². The molecule has 54 heavy (non-hydrogen) atoms. The van der Waals surface area contributed by atoms with Crippen LogP contribution in [-0.2, 0) is 37.4 Å². The zero-order valence-corrected chi connectivity index (χ0v) is 29.8. The number of anilines is 6. The van der Waals surface area contributed by atoms with E-state index in [4.69, 9.17) is 0 Å². The SMILES string of the molecule is C=c1cc2c3ccccc3c(=O)c3c(Nc4cc(Nc5nc(O)nc(Nc6cc(S(=O)(=O)O)ccc6S(=O)(=O)O)n5)ccc4S(=O)(=O)O)ccc(c3-2)n1C. The molecule has 7 N–H and O–H groups in total. The van der Waals surface area contributed by atoms with Crippen molar-refractivity contribution in [2.75, 3.05) is 16.0 Å². The second kappa shape index (κ2) is 12.7. The van der Waals surface area contributed by atoms with Gasteiger partial charge < -0.3 is 25.6 Å². The van der Waals surface area contributed by atoms with Crippen molar-refractivity contribution in [2.45, 2.75) is 14.7 Å². The third kappa shape index (κ3) is 6.61. The molecule has 1 aliphatic carbocycles. The first-order valence-corrected chi connectivity index (χ1v) is 19.5. The van der Waals surface area contributed by atoms with Gasteiger partial charge in [0.15, 0.2) is 5.43 Å². The summed E-state index contributed by atoms with van der Waals surface area (Å²) in [5.74, 6) is -0.984. The Kier molecular flexibility index (Phi) is 8.51. The summed E-state index contributed by atoms with van der Waals surface area (Å²) in [6.07, 6.45) is 0. The molecule has 1 aliphatic heterocycles. The van der Waals surface area contributed by atoms with Gasteiger partial charge in [-0.15, -0.1) is 0 Å². The smallest absolute Gasteiger partial charge is 0.320 e. The molecule has 0 atom stereocenters. The van der Waals surface area contributed by atoms with Crippen LogP contribution in [0.15, 0.2) is 98.3 Å². The highest BCUT2D eigenvalue weighted by atomic mass is 32.2. The predicted octanol–water partition coefficient (Wildman–Crippen LogP) is 3.79. The van der Waals surface area contributed by atoms with Crippen LogP contribution in [0.1, 0.15) is 0 Å². The van der Waals surface area contributed by atoms with Crippen LogP contribution >= 0.6 is 0 Å². The van der Waals surface area contributed by atoms with Crippen LogP contribution in [0, 0.1) is 0 Å². The fraction of sp³-hybridized carbons (Fsp3) is 0.0303. The fourth-order valence-corrected chi connectivity index (χ4v) is 7.79. The Balaban J connectivity index is 1.31. The van der Waals surface area contributed by atoms with Crippen LogP contribution in [0.5, 0.6) is 6.01 Å². The van der Waals surface area contributed by atoms with Gasteiger partial charge in [0.05, 0.1) is 27.3 Å². The maximum absolute atomic E-state index is 14.0. The van der Waals surface area contributed by atoms with E-state index in [1.807, 2.05) is 16.7 Å². The summed E-state index contributed by atoms with van der Waals surface area (Å²) < 4.78 is 103. The minimum atomic E-state index is -4.96. The molecule has 0 bridgehead atoms. The standard InChI is InChI=1S/C33H25N7O11S3/c1-16-13-21-19-5-3-4-6-20(19)30(41)29-22(9-10-25(28(21)29)40(16)2)35-23-14-17(7-11-26(23)53(46,47)48)34-31-37-32(39-33(42)38-31)36-24-15-18(52(43,44)45)8-12-27(24)54(49,50)51/h3-15,35H,1H2,2H3,(H,43,44,45)(H,46,47,48)(H,49,50,51)(H3,34,36,37,38,39,42). The molecule has 0 saturated carbocycles. The molecule has 5 aromatic rings. The summed E-state index contributed by atoms with van der Waals surface area (Å²) >= 11 is 0. The summed E-state index contributed by atoms with van der Waals surface area (Å²) in [4.78, 5) is 23.3. The van der Waals surface area contributed by atoms with Crippen LogP contribution in [0.4, 0.5) is 34.6 Å². The van der Waals surface area contributed by atoms with E-state index < -0.39 is 68.6 Å². The van der Waals surface area contributed by atoms with E-state index in [0.717, 1.165) is 17.7 Å². The van der Waals surface area contributed by atoms with E-state index in [9.17, 15) is 48.8 Å². The summed E-state index contributed by atoms with van der Waals surface area (Å²) in [5.41, 5.74) is 1.13. The molecule has 276 valence electrons. The van der Waals surface area contributed by atoms with E-state index in [2.05, 4.69) is 37.5 Å². The average molecular weight is 792 g/mol. The van der Waals surface area contributed by atoms with E-state index in [1.165, 1.54) is 12.1 Å². The Morgan fingerprint density at radius 3 is 1.93 bits per heavy atom. The molecule has 0 saturated heterocycles. The predicted molar refractivity (Wildman–Crippen MR) is 198 cm³/mol. The molecule has 4 aromatic carbocycles. The van der Waals surface area contributed by atoms with Crippen LogP contribution < -0.4 is 26.7 Å². The first-order valence-electron chi connectivity index (χ1n) is 15.2. The molecule has 2 heterocycles. The maximum Gasteiger partial charge on any atom is 0.320 e. The lowest BCUT2D eigenvalue weighted by molar-refractivity contribution is 0.430. The molecule has 18 nitrogen and oxygen atoms in total. The summed E-state index contributed by atoms with van der Waals surface area (Å²) in [6, 6.07) is 16.8. The number of nitrogens with one attached hydrogen (secondary N) is 3. The zero-order chi connectivity index (χ0) is 38.9. The lowest BCUT2D eigenvalue weighted by atomic mass is 9.90. The first-order chi connectivity index (χ1) is 25.3. The molecule has 1 aromatic heterocycles. The Bertz CT molecular complexity index is 3140. The van der Waals surface area contributed by atoms with E-state index >= 15 is 0 Å². The summed E-state index contributed by atoms with van der Waals surface area (Å²) in [6.45, 7) is 4.12. The lowest BCUT2D eigenvalue weighted by Crippen LogP contribution is -2.20. The quantitative estimate of drug-likeness (QED) is 0.0622. The van der Waals surface area contributed by atoms with Gasteiger partial charge in [-0.2, -0.15) is 40.2 Å². The largest absolute Gasteiger partial charge is 0.479 e. The van der Waals surface area contributed by atoms with Gasteiger partial charge in [-0.25, -0.2) is 0 Å². The second-order valence-corrected chi connectivity index (χ2v) is 16.0. The van der Waals surface area contributed by atoms with Crippen molar-refractivity contribution in [1.29, 1.82) is 0 Å². The van der Waals surface area contributed by atoms with Gasteiger partial charge in [0.2, 0.25) is 11.9 Å². The average Bonchev–Trinajstić information content (AvgIpc) is 3.07. The summed E-state index contributed by atoms with van der Waals surface area (Å²) in [5, 5.41) is 20.3. The van der Waals surface area contributed by atoms with E-state index in [1.54, 1.807) is 37.4 Å². The molecule has 0 fully saturated rings. The van der Waals surface area contributed by atoms with Gasteiger partial charge in [-0.1, -0.05) is 30.8 Å². The van der Waals surface area contributed by atoms with Crippen molar-refractivity contribution in [2.24, 2.45) is 7.05 Å². The minimum Gasteiger partial charge on any atom is -0.479 e. The van der Waals surface area contributed by atoms with Crippen LogP contribution in [0.25, 0.3) is 39.4 Å². The Morgan fingerprint density at radius 1 is 0.667 bits per heavy atom. The number of aryl methyl sites for hydroxylation is 1. The van der Waals surface area contributed by atoms with Crippen molar-refractivity contribution < 1.29 is 44.0 Å². The van der Waals surface area contributed by atoms with Gasteiger partial charge in [0.25, 0.3) is 30.4 Å². The molecule has 0 unspecified atom stereocenters. The maximum atomic E-state index is 14.0. The highest BCUT2D eigenvalue weighted by Gasteiger charge is 2.24. The van der Waals surface area contributed by atoms with Crippen LogP contribution in [-0.4, -0.2) is 63.5 Å². The van der Waals surface area contributed by atoms with Crippen LogP contribution in [0.2, 0.25) is 0 Å². The number of hydrogen-bond acceptors (Lipinski definition) is 14. The third-order valence-corrected chi connectivity index (χ3v) is 11.1. The number of aromatic hydroxyl groups is 1. The number of nitrogens with zero attached hydrogens (tertiary/aromatic N) is 4. The molecule has 21 heteroatoms. The minimum absolute atomic E-state index is 0.0633. The third-order valence-electron chi connectivity index (χ3n) is 8.42. The second-order valence-electron chi connectivity index (χ2n) is 11.8. The number of benzene rings is 5. The van der Waals surface area contributed by atoms with Crippen molar-refractivity contribution in [3.63, 3.8) is 0 Å².